The van der Waals surface area contributed by atoms with Gasteiger partial charge in [-0.05, 0) is 57.2 Å². The molecule has 2 aromatic heterocycles. The molecular weight excluding hydrogens is 413 g/mol. The van der Waals surface area contributed by atoms with Gasteiger partial charge in [0.2, 0.25) is 0 Å². The Morgan fingerprint density at radius 1 is 1.22 bits per heavy atom. The molecule has 0 aliphatic carbocycles. The maximum absolute atomic E-state index is 13.8. The van der Waals surface area contributed by atoms with Gasteiger partial charge >= 0.3 is 0 Å². The van der Waals surface area contributed by atoms with Crippen LogP contribution in [0.5, 0.6) is 0 Å². The van der Waals surface area contributed by atoms with E-state index < -0.39 is 28.9 Å². The topological polar surface area (TPSA) is 100 Å². The lowest BCUT2D eigenvalue weighted by Gasteiger charge is -2.26. The van der Waals surface area contributed by atoms with Crippen molar-refractivity contribution in [1.29, 1.82) is 0 Å². The third-order valence-electron chi connectivity index (χ3n) is 5.12. The molecule has 1 unspecified atom stereocenters. The first kappa shape index (κ1) is 23.1. The number of hydrogen-bond donors (Lipinski definition) is 2. The SMILES string of the molecule is CC(NC(=O)c1cc(-c2ccc(N(C)C)nc2)nn(-c2cccc(F)c2)c1=O)C(C)(C)O. The van der Waals surface area contributed by atoms with E-state index in [1.807, 2.05) is 19.0 Å². The number of rotatable bonds is 6. The number of amides is 1. The van der Waals surface area contributed by atoms with Gasteiger partial charge in [0.25, 0.3) is 11.5 Å². The third-order valence-corrected chi connectivity index (χ3v) is 5.12. The fourth-order valence-electron chi connectivity index (χ4n) is 2.83. The Bertz CT molecular complexity index is 1180. The van der Waals surface area contributed by atoms with Gasteiger partial charge in [0, 0.05) is 25.9 Å². The average Bonchev–Trinajstić information content (AvgIpc) is 2.73. The molecule has 32 heavy (non-hydrogen) atoms. The van der Waals surface area contributed by atoms with Crippen molar-refractivity contribution in [2.45, 2.75) is 32.4 Å². The highest BCUT2D eigenvalue weighted by Gasteiger charge is 2.26. The minimum atomic E-state index is -1.20. The summed E-state index contributed by atoms with van der Waals surface area (Å²) in [5.41, 5.74) is -1.03. The largest absolute Gasteiger partial charge is 0.388 e. The molecule has 2 N–H and O–H groups in total. The minimum absolute atomic E-state index is 0.180. The average molecular weight is 439 g/mol. The van der Waals surface area contributed by atoms with Crippen LogP contribution in [0.4, 0.5) is 10.2 Å². The van der Waals surface area contributed by atoms with Crippen LogP contribution in [-0.4, -0.2) is 51.5 Å². The molecular formula is C23H26FN5O3. The van der Waals surface area contributed by atoms with E-state index in [0.717, 1.165) is 16.6 Å². The zero-order valence-corrected chi connectivity index (χ0v) is 18.6. The van der Waals surface area contributed by atoms with Crippen molar-refractivity contribution < 1.29 is 14.3 Å². The predicted octanol–water partition coefficient (Wildman–Crippen LogP) is 2.39. The molecule has 8 nitrogen and oxygen atoms in total. The number of benzene rings is 1. The van der Waals surface area contributed by atoms with Crippen molar-refractivity contribution in [1.82, 2.24) is 20.1 Å². The summed E-state index contributed by atoms with van der Waals surface area (Å²) in [6, 6.07) is 9.68. The van der Waals surface area contributed by atoms with Gasteiger partial charge in [-0.25, -0.2) is 9.37 Å². The van der Waals surface area contributed by atoms with Gasteiger partial charge in [0.15, 0.2) is 0 Å². The molecule has 3 aromatic rings. The van der Waals surface area contributed by atoms with Gasteiger partial charge in [-0.1, -0.05) is 6.07 Å². The van der Waals surface area contributed by atoms with Crippen LogP contribution in [0, 0.1) is 5.82 Å². The normalized spacial score (nSPS) is 12.3. The van der Waals surface area contributed by atoms with E-state index in [4.69, 9.17) is 0 Å². The van der Waals surface area contributed by atoms with Crippen molar-refractivity contribution >= 4 is 11.7 Å². The van der Waals surface area contributed by atoms with Crippen LogP contribution < -0.4 is 15.8 Å². The Labute approximate surface area is 185 Å². The van der Waals surface area contributed by atoms with Crippen LogP contribution in [0.1, 0.15) is 31.1 Å². The molecule has 2 heterocycles. The van der Waals surface area contributed by atoms with Crippen molar-refractivity contribution in [2.75, 3.05) is 19.0 Å². The summed E-state index contributed by atoms with van der Waals surface area (Å²) in [5.74, 6) is -0.485. The summed E-state index contributed by atoms with van der Waals surface area (Å²) in [6.45, 7) is 4.74. The molecule has 0 saturated heterocycles. The third kappa shape index (κ3) is 5.00. The summed E-state index contributed by atoms with van der Waals surface area (Å²) in [4.78, 5) is 32.2. The fraction of sp³-hybridized carbons (Fsp3) is 0.304. The minimum Gasteiger partial charge on any atom is -0.388 e. The maximum Gasteiger partial charge on any atom is 0.284 e. The van der Waals surface area contributed by atoms with E-state index in [-0.39, 0.29) is 11.3 Å². The second kappa shape index (κ2) is 8.88. The number of carbonyl (C=O) groups is 1. The Kier molecular flexibility index (Phi) is 6.40. The molecule has 1 atom stereocenters. The molecule has 3 rings (SSSR count). The van der Waals surface area contributed by atoms with Gasteiger partial charge in [0.05, 0.1) is 23.0 Å². The summed E-state index contributed by atoms with van der Waals surface area (Å²) in [6.07, 6.45) is 1.58. The standard InChI is InChI=1S/C23H26FN5O3/c1-14(23(2,3)32)26-21(30)18-12-19(15-9-10-20(25-13-15)28(4)5)27-29(22(18)31)17-8-6-7-16(24)11-17/h6-14,32H,1-5H3,(H,26,30). The van der Waals surface area contributed by atoms with Crippen LogP contribution in [0.3, 0.4) is 0 Å². The fourth-order valence-corrected chi connectivity index (χ4v) is 2.83. The summed E-state index contributed by atoms with van der Waals surface area (Å²) in [5, 5.41) is 17.2. The Balaban J connectivity index is 2.15. The van der Waals surface area contributed by atoms with Gasteiger partial charge in [-0.2, -0.15) is 9.78 Å². The van der Waals surface area contributed by atoms with E-state index in [9.17, 15) is 19.1 Å². The molecule has 168 valence electrons. The van der Waals surface area contributed by atoms with E-state index in [0.29, 0.717) is 11.3 Å². The number of nitrogens with zero attached hydrogens (tertiary/aromatic N) is 4. The molecule has 0 spiro atoms. The van der Waals surface area contributed by atoms with E-state index in [1.165, 1.54) is 24.3 Å². The van der Waals surface area contributed by atoms with Crippen molar-refractivity contribution in [3.05, 3.63) is 70.4 Å². The molecule has 1 amide bonds. The number of nitrogens with one attached hydrogen (secondary N) is 1. The van der Waals surface area contributed by atoms with Gasteiger partial charge in [0.1, 0.15) is 17.2 Å². The Morgan fingerprint density at radius 3 is 2.50 bits per heavy atom. The zero-order valence-electron chi connectivity index (χ0n) is 18.6. The van der Waals surface area contributed by atoms with Gasteiger partial charge in [-0.3, -0.25) is 9.59 Å². The number of pyridine rings is 1. The highest BCUT2D eigenvalue weighted by atomic mass is 19.1. The van der Waals surface area contributed by atoms with Crippen LogP contribution in [0.15, 0.2) is 53.5 Å². The van der Waals surface area contributed by atoms with E-state index in [1.54, 1.807) is 39.1 Å². The summed E-state index contributed by atoms with van der Waals surface area (Å²) < 4.78 is 14.8. The Hall–Kier alpha value is -3.59. The molecule has 0 fully saturated rings. The molecule has 9 heteroatoms. The van der Waals surface area contributed by atoms with Crippen molar-refractivity contribution in [2.24, 2.45) is 0 Å². The quantitative estimate of drug-likeness (QED) is 0.612. The van der Waals surface area contributed by atoms with E-state index in [2.05, 4.69) is 15.4 Å². The van der Waals surface area contributed by atoms with Crippen LogP contribution in [0.25, 0.3) is 16.9 Å². The Morgan fingerprint density at radius 2 is 1.94 bits per heavy atom. The number of carbonyl (C=O) groups excluding carboxylic acids is 1. The lowest BCUT2D eigenvalue weighted by molar-refractivity contribution is 0.0408. The van der Waals surface area contributed by atoms with Gasteiger partial charge < -0.3 is 15.3 Å². The molecule has 0 bridgehead atoms. The number of anilines is 1. The second-order valence-electron chi connectivity index (χ2n) is 8.29. The maximum atomic E-state index is 13.8. The molecule has 0 saturated carbocycles. The first-order chi connectivity index (χ1) is 15.0. The highest BCUT2D eigenvalue weighted by Crippen LogP contribution is 2.20. The predicted molar refractivity (Wildman–Crippen MR) is 121 cm³/mol. The van der Waals surface area contributed by atoms with Crippen LogP contribution in [0.2, 0.25) is 0 Å². The lowest BCUT2D eigenvalue weighted by atomic mass is 10.0. The smallest absolute Gasteiger partial charge is 0.284 e. The summed E-state index contributed by atoms with van der Waals surface area (Å²) in [7, 11) is 3.72. The highest BCUT2D eigenvalue weighted by molar-refractivity contribution is 5.95. The van der Waals surface area contributed by atoms with E-state index >= 15 is 0 Å². The number of hydrogen-bond acceptors (Lipinski definition) is 6. The second-order valence-corrected chi connectivity index (χ2v) is 8.29. The number of halogens is 1. The molecule has 0 radical (unpaired) electrons. The van der Waals surface area contributed by atoms with Crippen LogP contribution >= 0.6 is 0 Å². The first-order valence-corrected chi connectivity index (χ1v) is 10.0. The van der Waals surface area contributed by atoms with Gasteiger partial charge in [-0.15, -0.1) is 0 Å². The first-order valence-electron chi connectivity index (χ1n) is 10.0. The zero-order chi connectivity index (χ0) is 23.6. The molecule has 1 aromatic carbocycles. The molecule has 0 aliphatic rings. The van der Waals surface area contributed by atoms with Crippen LogP contribution in [-0.2, 0) is 0 Å². The number of aliphatic hydroxyl groups is 1. The summed E-state index contributed by atoms with van der Waals surface area (Å²) >= 11 is 0. The van der Waals surface area contributed by atoms with Crippen molar-refractivity contribution in [3.63, 3.8) is 0 Å². The molecule has 0 aliphatic heterocycles. The monoisotopic (exact) mass is 439 g/mol. The lowest BCUT2D eigenvalue weighted by Crippen LogP contribution is -2.48. The number of aromatic nitrogens is 3. The van der Waals surface area contributed by atoms with Crippen molar-refractivity contribution in [3.8, 4) is 16.9 Å².